The molecular weight excluding hydrogens is 257 g/mol. The fourth-order valence-corrected chi connectivity index (χ4v) is 2.28. The third-order valence-electron chi connectivity index (χ3n) is 3.24. The molecule has 0 aliphatic carbocycles. The molecule has 5 heteroatoms. The molecule has 0 aromatic heterocycles. The molecule has 18 heavy (non-hydrogen) atoms. The van der Waals surface area contributed by atoms with Gasteiger partial charge in [0, 0.05) is 0 Å². The van der Waals surface area contributed by atoms with Crippen LogP contribution in [0.2, 0.25) is 0 Å². The number of carbonyl (C=O) groups is 1. The van der Waals surface area contributed by atoms with E-state index < -0.39 is 11.8 Å². The second kappa shape index (κ2) is 6.71. The number of carboxylic acid groups (broad SMARTS) is 1. The van der Waals surface area contributed by atoms with Gasteiger partial charge in [0.15, 0.2) is 0 Å². The second-order valence-electron chi connectivity index (χ2n) is 4.52. The van der Waals surface area contributed by atoms with Crippen LogP contribution >= 0.6 is 12.4 Å². The predicted octanol–water partition coefficient (Wildman–Crippen LogP) is 2.49. The van der Waals surface area contributed by atoms with Crippen molar-refractivity contribution in [2.75, 3.05) is 13.1 Å². The Morgan fingerprint density at radius 3 is 2.67 bits per heavy atom. The average Bonchev–Trinajstić information content (AvgIpc) is 2.32. The fourth-order valence-electron chi connectivity index (χ4n) is 2.28. The molecule has 0 bridgehead atoms. The Hall–Kier alpha value is -1.13. The first-order valence-electron chi connectivity index (χ1n) is 5.89. The van der Waals surface area contributed by atoms with Gasteiger partial charge in [-0.05, 0) is 56.0 Å². The van der Waals surface area contributed by atoms with Gasteiger partial charge in [-0.1, -0.05) is 6.07 Å². The summed E-state index contributed by atoms with van der Waals surface area (Å²) in [6.07, 6.45) is 3.03. The van der Waals surface area contributed by atoms with E-state index in [0.29, 0.717) is 5.92 Å². The number of carboxylic acids is 1. The van der Waals surface area contributed by atoms with Crippen LogP contribution in [-0.4, -0.2) is 24.2 Å². The minimum atomic E-state index is -1.20. The maximum Gasteiger partial charge on any atom is 0.338 e. The van der Waals surface area contributed by atoms with Gasteiger partial charge in [-0.15, -0.1) is 12.4 Å². The first kappa shape index (κ1) is 14.9. The van der Waals surface area contributed by atoms with Crippen molar-refractivity contribution >= 4 is 18.4 Å². The molecule has 1 aromatic rings. The number of hydrogen-bond donors (Lipinski definition) is 2. The molecule has 2 N–H and O–H groups in total. The number of rotatable bonds is 3. The van der Waals surface area contributed by atoms with Crippen LogP contribution in [0.4, 0.5) is 4.39 Å². The van der Waals surface area contributed by atoms with Crippen molar-refractivity contribution in [1.82, 2.24) is 5.32 Å². The second-order valence-corrected chi connectivity index (χ2v) is 4.52. The van der Waals surface area contributed by atoms with Gasteiger partial charge < -0.3 is 10.4 Å². The van der Waals surface area contributed by atoms with Gasteiger partial charge in [-0.3, -0.25) is 0 Å². The van der Waals surface area contributed by atoms with E-state index in [-0.39, 0.29) is 18.0 Å². The molecule has 0 atom stereocenters. The molecule has 1 aliphatic heterocycles. The van der Waals surface area contributed by atoms with Gasteiger partial charge >= 0.3 is 5.97 Å². The normalized spacial score (nSPS) is 16.1. The molecule has 1 heterocycles. The fraction of sp³-hybridized carbons (Fsp3) is 0.462. The number of halogens is 2. The lowest BCUT2D eigenvalue weighted by molar-refractivity contribution is 0.0691. The lowest BCUT2D eigenvalue weighted by atomic mass is 9.90. The van der Waals surface area contributed by atoms with Crippen molar-refractivity contribution in [3.8, 4) is 0 Å². The molecule has 0 radical (unpaired) electrons. The highest BCUT2D eigenvalue weighted by Gasteiger charge is 2.16. The highest BCUT2D eigenvalue weighted by Crippen LogP contribution is 2.20. The quantitative estimate of drug-likeness (QED) is 0.890. The van der Waals surface area contributed by atoms with E-state index in [9.17, 15) is 9.18 Å². The van der Waals surface area contributed by atoms with E-state index in [1.54, 1.807) is 6.07 Å². The van der Waals surface area contributed by atoms with Crippen LogP contribution in [-0.2, 0) is 6.42 Å². The molecule has 3 nitrogen and oxygen atoms in total. The van der Waals surface area contributed by atoms with Crippen molar-refractivity contribution in [3.63, 3.8) is 0 Å². The summed E-state index contributed by atoms with van der Waals surface area (Å²) in [5, 5.41) is 12.1. The Balaban J connectivity index is 0.00000162. The highest BCUT2D eigenvalue weighted by atomic mass is 35.5. The van der Waals surface area contributed by atoms with E-state index in [4.69, 9.17) is 5.11 Å². The summed E-state index contributed by atoms with van der Waals surface area (Å²) in [7, 11) is 0. The Kier molecular flexibility index (Phi) is 5.56. The van der Waals surface area contributed by atoms with Gasteiger partial charge in [0.05, 0.1) is 5.56 Å². The van der Waals surface area contributed by atoms with Gasteiger partial charge in [0.25, 0.3) is 0 Å². The average molecular weight is 274 g/mol. The standard InChI is InChI=1S/C13H16FNO2.ClH/c14-12-2-1-10(8-11(12)13(16)17)7-9-3-5-15-6-4-9;/h1-2,8-9,15H,3-7H2,(H,16,17);1H. The van der Waals surface area contributed by atoms with E-state index >= 15 is 0 Å². The van der Waals surface area contributed by atoms with Crippen LogP contribution in [0.15, 0.2) is 18.2 Å². The maximum absolute atomic E-state index is 13.2. The number of benzene rings is 1. The van der Waals surface area contributed by atoms with E-state index in [1.807, 2.05) is 0 Å². The Morgan fingerprint density at radius 1 is 1.39 bits per heavy atom. The minimum absolute atomic E-state index is 0. The Morgan fingerprint density at radius 2 is 2.06 bits per heavy atom. The van der Waals surface area contributed by atoms with Crippen LogP contribution in [0.5, 0.6) is 0 Å². The molecular formula is C13H17ClFNO2. The monoisotopic (exact) mass is 273 g/mol. The summed E-state index contributed by atoms with van der Waals surface area (Å²) in [4.78, 5) is 10.8. The van der Waals surface area contributed by atoms with Crippen molar-refractivity contribution in [3.05, 3.63) is 35.1 Å². The van der Waals surface area contributed by atoms with Crippen LogP contribution < -0.4 is 5.32 Å². The number of aromatic carboxylic acids is 1. The summed E-state index contributed by atoms with van der Waals surface area (Å²) in [6.45, 7) is 2.02. The molecule has 0 saturated carbocycles. The highest BCUT2D eigenvalue weighted by molar-refractivity contribution is 5.88. The van der Waals surface area contributed by atoms with Gasteiger partial charge in [0.1, 0.15) is 5.82 Å². The number of piperidine rings is 1. The minimum Gasteiger partial charge on any atom is -0.478 e. The van der Waals surface area contributed by atoms with Crippen LogP contribution in [0, 0.1) is 11.7 Å². The van der Waals surface area contributed by atoms with E-state index in [0.717, 1.165) is 37.9 Å². The van der Waals surface area contributed by atoms with Crippen LogP contribution in [0.25, 0.3) is 0 Å². The molecule has 1 fully saturated rings. The zero-order valence-electron chi connectivity index (χ0n) is 9.99. The maximum atomic E-state index is 13.2. The molecule has 0 amide bonds. The van der Waals surface area contributed by atoms with Crippen molar-refractivity contribution in [2.45, 2.75) is 19.3 Å². The molecule has 0 spiro atoms. The molecule has 1 saturated heterocycles. The lowest BCUT2D eigenvalue weighted by Gasteiger charge is -2.22. The first-order valence-corrected chi connectivity index (χ1v) is 5.89. The molecule has 2 rings (SSSR count). The third-order valence-corrected chi connectivity index (χ3v) is 3.24. The van der Waals surface area contributed by atoms with Crippen molar-refractivity contribution < 1.29 is 14.3 Å². The Labute approximate surface area is 112 Å². The van der Waals surface area contributed by atoms with Gasteiger partial charge in [-0.2, -0.15) is 0 Å². The van der Waals surface area contributed by atoms with Crippen LogP contribution in [0.1, 0.15) is 28.8 Å². The summed E-state index contributed by atoms with van der Waals surface area (Å²) in [5.41, 5.74) is 0.687. The summed E-state index contributed by atoms with van der Waals surface area (Å²) in [6, 6.07) is 4.39. The topological polar surface area (TPSA) is 49.3 Å². The predicted molar refractivity (Wildman–Crippen MR) is 69.9 cm³/mol. The molecule has 1 aromatic carbocycles. The summed E-state index contributed by atoms with van der Waals surface area (Å²) >= 11 is 0. The summed E-state index contributed by atoms with van der Waals surface area (Å²) < 4.78 is 13.2. The molecule has 100 valence electrons. The Bertz CT molecular complexity index is 419. The molecule has 0 unspecified atom stereocenters. The third kappa shape index (κ3) is 3.68. The first-order chi connectivity index (χ1) is 8.16. The SMILES string of the molecule is Cl.O=C(O)c1cc(CC2CCNCC2)ccc1F. The van der Waals surface area contributed by atoms with Gasteiger partial charge in [0.2, 0.25) is 0 Å². The smallest absolute Gasteiger partial charge is 0.338 e. The number of hydrogen-bond acceptors (Lipinski definition) is 2. The summed E-state index contributed by atoms with van der Waals surface area (Å²) in [5.74, 6) is -1.29. The number of nitrogens with one attached hydrogen (secondary N) is 1. The van der Waals surface area contributed by atoms with E-state index in [1.165, 1.54) is 12.1 Å². The zero-order chi connectivity index (χ0) is 12.3. The largest absolute Gasteiger partial charge is 0.478 e. The van der Waals surface area contributed by atoms with E-state index in [2.05, 4.69) is 5.32 Å². The van der Waals surface area contributed by atoms with Crippen molar-refractivity contribution in [1.29, 1.82) is 0 Å². The van der Waals surface area contributed by atoms with Crippen LogP contribution in [0.3, 0.4) is 0 Å². The lowest BCUT2D eigenvalue weighted by Crippen LogP contribution is -2.28. The van der Waals surface area contributed by atoms with Gasteiger partial charge in [-0.25, -0.2) is 9.18 Å². The van der Waals surface area contributed by atoms with Crippen molar-refractivity contribution in [2.24, 2.45) is 5.92 Å². The molecule has 1 aliphatic rings. The zero-order valence-corrected chi connectivity index (χ0v) is 10.8.